The van der Waals surface area contributed by atoms with E-state index >= 15 is 0 Å². The lowest BCUT2D eigenvalue weighted by Gasteiger charge is -2.13. The quantitative estimate of drug-likeness (QED) is 0.807. The Morgan fingerprint density at radius 3 is 2.47 bits per heavy atom. The molecule has 1 heterocycles. The van der Waals surface area contributed by atoms with E-state index in [9.17, 15) is 0 Å². The van der Waals surface area contributed by atoms with E-state index in [-0.39, 0.29) is 11.5 Å². The average Bonchev–Trinajstić information content (AvgIpc) is 2.42. The second-order valence-electron chi connectivity index (χ2n) is 5.05. The van der Waals surface area contributed by atoms with Crippen molar-refractivity contribution in [2.75, 3.05) is 0 Å². The molecule has 0 amide bonds. The van der Waals surface area contributed by atoms with Crippen LogP contribution in [-0.4, -0.2) is 15.8 Å². The second-order valence-corrected chi connectivity index (χ2v) is 5.05. The Morgan fingerprint density at radius 2 is 2.07 bits per heavy atom. The molecule has 0 aliphatic heterocycles. The first kappa shape index (κ1) is 12.0. The van der Waals surface area contributed by atoms with Crippen LogP contribution in [0.2, 0.25) is 0 Å². The molecule has 15 heavy (non-hydrogen) atoms. The van der Waals surface area contributed by atoms with Crippen molar-refractivity contribution in [2.24, 2.45) is 12.8 Å². The molecule has 3 nitrogen and oxygen atoms in total. The largest absolute Gasteiger partial charge is 0.325 e. The molecule has 0 bridgehead atoms. The number of aromatic nitrogens is 2. The lowest BCUT2D eigenvalue weighted by molar-refractivity contribution is 0.553. The van der Waals surface area contributed by atoms with Gasteiger partial charge in [-0.05, 0) is 19.1 Å². The molecule has 1 aromatic heterocycles. The summed E-state index contributed by atoms with van der Waals surface area (Å²) in [7, 11) is 1.95. The molecule has 0 aromatic carbocycles. The molecule has 0 saturated heterocycles. The van der Waals surface area contributed by atoms with E-state index in [1.807, 2.05) is 30.8 Å². The summed E-state index contributed by atoms with van der Waals surface area (Å²) in [4.78, 5) is 0. The average molecular weight is 207 g/mol. The van der Waals surface area contributed by atoms with E-state index in [1.54, 1.807) is 0 Å². The molecule has 1 unspecified atom stereocenters. The van der Waals surface area contributed by atoms with Crippen LogP contribution >= 0.6 is 0 Å². The van der Waals surface area contributed by atoms with Gasteiger partial charge in [-0.25, -0.2) is 0 Å². The van der Waals surface area contributed by atoms with Gasteiger partial charge in [0.15, 0.2) is 0 Å². The molecular formula is C12H21N3. The van der Waals surface area contributed by atoms with Crippen molar-refractivity contribution >= 4 is 6.08 Å². The van der Waals surface area contributed by atoms with E-state index in [0.717, 1.165) is 11.4 Å². The van der Waals surface area contributed by atoms with Gasteiger partial charge in [-0.3, -0.25) is 4.68 Å². The van der Waals surface area contributed by atoms with Crippen LogP contribution < -0.4 is 5.73 Å². The Hall–Kier alpha value is -1.09. The minimum atomic E-state index is 0.0815. The molecule has 3 heteroatoms. The van der Waals surface area contributed by atoms with Crippen LogP contribution in [0.5, 0.6) is 0 Å². The number of rotatable bonds is 2. The van der Waals surface area contributed by atoms with E-state index in [1.165, 1.54) is 0 Å². The van der Waals surface area contributed by atoms with E-state index in [0.29, 0.717) is 0 Å². The van der Waals surface area contributed by atoms with Crippen LogP contribution in [0, 0.1) is 0 Å². The van der Waals surface area contributed by atoms with E-state index in [4.69, 9.17) is 5.73 Å². The zero-order chi connectivity index (χ0) is 11.6. The fourth-order valence-corrected chi connectivity index (χ4v) is 1.25. The maximum Gasteiger partial charge on any atom is 0.0684 e. The van der Waals surface area contributed by atoms with Crippen molar-refractivity contribution in [1.82, 2.24) is 9.78 Å². The molecule has 0 aliphatic carbocycles. The van der Waals surface area contributed by atoms with Gasteiger partial charge in [-0.2, -0.15) is 5.10 Å². The SMILES string of the molecule is CC(N)/C=C/c1cc(C(C)(C)C)nn1C. The monoisotopic (exact) mass is 207 g/mol. The van der Waals surface area contributed by atoms with E-state index in [2.05, 4.69) is 31.9 Å². The highest BCUT2D eigenvalue weighted by Crippen LogP contribution is 2.21. The first-order valence-corrected chi connectivity index (χ1v) is 5.29. The third-order valence-electron chi connectivity index (χ3n) is 2.25. The third-order valence-corrected chi connectivity index (χ3v) is 2.25. The Kier molecular flexibility index (Phi) is 3.35. The van der Waals surface area contributed by atoms with Crippen LogP contribution in [0.4, 0.5) is 0 Å². The fraction of sp³-hybridized carbons (Fsp3) is 0.583. The predicted molar refractivity (Wildman–Crippen MR) is 64.6 cm³/mol. The highest BCUT2D eigenvalue weighted by Gasteiger charge is 2.17. The molecule has 0 radical (unpaired) electrons. The molecule has 0 spiro atoms. The van der Waals surface area contributed by atoms with Gasteiger partial charge in [0.2, 0.25) is 0 Å². The number of nitrogens with zero attached hydrogens (tertiary/aromatic N) is 2. The minimum Gasteiger partial charge on any atom is -0.325 e. The van der Waals surface area contributed by atoms with Crippen molar-refractivity contribution in [2.45, 2.75) is 39.2 Å². The summed E-state index contributed by atoms with van der Waals surface area (Å²) >= 11 is 0. The summed E-state index contributed by atoms with van der Waals surface area (Å²) < 4.78 is 1.89. The topological polar surface area (TPSA) is 43.8 Å². The zero-order valence-corrected chi connectivity index (χ0v) is 10.3. The summed E-state index contributed by atoms with van der Waals surface area (Å²) in [6.07, 6.45) is 4.00. The van der Waals surface area contributed by atoms with Crippen LogP contribution in [0.15, 0.2) is 12.1 Å². The first-order valence-electron chi connectivity index (χ1n) is 5.29. The maximum atomic E-state index is 5.67. The summed E-state index contributed by atoms with van der Waals surface area (Å²) in [6.45, 7) is 8.44. The molecule has 1 atom stereocenters. The zero-order valence-electron chi connectivity index (χ0n) is 10.3. The van der Waals surface area contributed by atoms with Gasteiger partial charge in [0, 0.05) is 18.5 Å². The highest BCUT2D eigenvalue weighted by molar-refractivity contribution is 5.46. The lowest BCUT2D eigenvalue weighted by atomic mass is 9.92. The molecule has 1 aromatic rings. The minimum absolute atomic E-state index is 0.0815. The van der Waals surface area contributed by atoms with Crippen molar-refractivity contribution in [3.8, 4) is 0 Å². The van der Waals surface area contributed by atoms with Crippen LogP contribution in [0.25, 0.3) is 6.08 Å². The Bertz CT molecular complexity index is 353. The number of nitrogens with two attached hydrogens (primary N) is 1. The van der Waals surface area contributed by atoms with E-state index < -0.39 is 0 Å². The Balaban J connectivity index is 2.97. The lowest BCUT2D eigenvalue weighted by Crippen LogP contribution is -2.12. The summed E-state index contributed by atoms with van der Waals surface area (Å²) in [6, 6.07) is 2.19. The molecule has 1 rings (SSSR count). The van der Waals surface area contributed by atoms with Gasteiger partial charge < -0.3 is 5.73 Å². The molecule has 0 saturated carbocycles. The third kappa shape index (κ3) is 3.20. The van der Waals surface area contributed by atoms with Crippen LogP contribution in [0.3, 0.4) is 0 Å². The molecular weight excluding hydrogens is 186 g/mol. The molecule has 84 valence electrons. The normalized spacial score (nSPS) is 14.8. The van der Waals surface area contributed by atoms with Crippen molar-refractivity contribution < 1.29 is 0 Å². The molecule has 0 aliphatic rings. The number of hydrogen-bond donors (Lipinski definition) is 1. The van der Waals surface area contributed by atoms with Crippen molar-refractivity contribution in [3.63, 3.8) is 0 Å². The Labute approximate surface area is 92.0 Å². The number of aryl methyl sites for hydroxylation is 1. The van der Waals surface area contributed by atoms with Crippen molar-refractivity contribution in [1.29, 1.82) is 0 Å². The summed E-state index contributed by atoms with van der Waals surface area (Å²) in [5.74, 6) is 0. The van der Waals surface area contributed by atoms with Gasteiger partial charge >= 0.3 is 0 Å². The van der Waals surface area contributed by atoms with Gasteiger partial charge in [0.1, 0.15) is 0 Å². The van der Waals surface area contributed by atoms with Gasteiger partial charge in [-0.1, -0.05) is 26.8 Å². The summed E-state index contributed by atoms with van der Waals surface area (Å²) in [5, 5.41) is 4.48. The number of hydrogen-bond acceptors (Lipinski definition) is 2. The van der Waals surface area contributed by atoms with Crippen LogP contribution in [0.1, 0.15) is 39.1 Å². The van der Waals surface area contributed by atoms with Gasteiger partial charge in [0.25, 0.3) is 0 Å². The first-order chi connectivity index (χ1) is 6.80. The summed E-state index contributed by atoms with van der Waals surface area (Å²) in [5.41, 5.74) is 7.96. The standard InChI is InChI=1S/C12H21N3/c1-9(13)6-7-10-8-11(12(2,3)4)14-15(10)5/h6-9H,13H2,1-5H3/b7-6+. The van der Waals surface area contributed by atoms with Crippen LogP contribution in [-0.2, 0) is 12.5 Å². The maximum absolute atomic E-state index is 5.67. The van der Waals surface area contributed by atoms with Crippen molar-refractivity contribution in [3.05, 3.63) is 23.5 Å². The fourth-order valence-electron chi connectivity index (χ4n) is 1.25. The smallest absolute Gasteiger partial charge is 0.0684 e. The Morgan fingerprint density at radius 1 is 1.47 bits per heavy atom. The highest BCUT2D eigenvalue weighted by atomic mass is 15.3. The van der Waals surface area contributed by atoms with Gasteiger partial charge in [0.05, 0.1) is 11.4 Å². The second kappa shape index (κ2) is 4.19. The molecule has 0 fully saturated rings. The van der Waals surface area contributed by atoms with Gasteiger partial charge in [-0.15, -0.1) is 0 Å². The predicted octanol–water partition coefficient (Wildman–Crippen LogP) is 2.08. The molecule has 2 N–H and O–H groups in total.